The zero-order chi connectivity index (χ0) is 25.2. The molecule has 0 bridgehead atoms. The molecule has 4 aromatic rings. The molecule has 1 fully saturated rings. The van der Waals surface area contributed by atoms with Crippen LogP contribution in [-0.2, 0) is 16.1 Å². The molecule has 0 spiro atoms. The van der Waals surface area contributed by atoms with Crippen LogP contribution in [0.1, 0.15) is 24.0 Å². The number of para-hydroxylation sites is 1. The molecule has 9 heteroatoms. The molecule has 2 aromatic heterocycles. The Morgan fingerprint density at radius 2 is 1.72 bits per heavy atom. The minimum absolute atomic E-state index is 0.0278. The summed E-state index contributed by atoms with van der Waals surface area (Å²) in [7, 11) is 0. The molecule has 0 radical (unpaired) electrons. The molecule has 1 aliphatic heterocycles. The predicted octanol–water partition coefficient (Wildman–Crippen LogP) is 3.08. The minimum Gasteiger partial charge on any atom is -0.341 e. The smallest absolute Gasteiger partial charge is 0.264 e. The minimum atomic E-state index is -0.305. The van der Waals surface area contributed by atoms with E-state index in [-0.39, 0.29) is 29.8 Å². The van der Waals surface area contributed by atoms with Gasteiger partial charge in [-0.15, -0.1) is 0 Å². The van der Waals surface area contributed by atoms with Crippen LogP contribution in [0.5, 0.6) is 0 Å². The highest BCUT2D eigenvalue weighted by Crippen LogP contribution is 2.20. The molecule has 0 aliphatic carbocycles. The number of likely N-dealkylation sites (tertiary alicyclic amines) is 1. The maximum Gasteiger partial charge on any atom is 0.264 e. The van der Waals surface area contributed by atoms with E-state index in [0.717, 1.165) is 22.5 Å². The topological polar surface area (TPSA) is 102 Å². The number of fused-ring (bicyclic) bond motifs is 1. The van der Waals surface area contributed by atoms with Gasteiger partial charge in [0, 0.05) is 24.7 Å². The van der Waals surface area contributed by atoms with Gasteiger partial charge in [-0.1, -0.05) is 24.3 Å². The van der Waals surface area contributed by atoms with Crippen LogP contribution in [0.2, 0.25) is 0 Å². The van der Waals surface area contributed by atoms with Gasteiger partial charge in [-0.25, -0.2) is 9.67 Å². The van der Waals surface area contributed by atoms with Gasteiger partial charge < -0.3 is 10.2 Å². The third kappa shape index (κ3) is 4.77. The van der Waals surface area contributed by atoms with E-state index in [4.69, 9.17) is 0 Å². The van der Waals surface area contributed by atoms with Gasteiger partial charge in [0.2, 0.25) is 11.8 Å². The Hall–Kier alpha value is -4.27. The van der Waals surface area contributed by atoms with Crippen molar-refractivity contribution in [3.8, 4) is 5.69 Å². The summed E-state index contributed by atoms with van der Waals surface area (Å²) >= 11 is 0. The fourth-order valence-electron chi connectivity index (χ4n) is 4.73. The number of anilines is 1. The van der Waals surface area contributed by atoms with E-state index in [1.807, 2.05) is 56.3 Å². The molecular formula is C27H28N6O3. The normalized spacial score (nSPS) is 14.2. The zero-order valence-corrected chi connectivity index (χ0v) is 20.3. The van der Waals surface area contributed by atoms with Gasteiger partial charge in [-0.3, -0.25) is 19.0 Å². The van der Waals surface area contributed by atoms with Crippen molar-refractivity contribution in [1.29, 1.82) is 0 Å². The molecule has 0 unspecified atom stereocenters. The second-order valence-corrected chi connectivity index (χ2v) is 9.33. The van der Waals surface area contributed by atoms with Crippen molar-refractivity contribution in [2.75, 3.05) is 18.4 Å². The van der Waals surface area contributed by atoms with Gasteiger partial charge in [0.1, 0.15) is 18.3 Å². The molecule has 1 saturated heterocycles. The predicted molar refractivity (Wildman–Crippen MR) is 137 cm³/mol. The Kier molecular flexibility index (Phi) is 6.37. The largest absolute Gasteiger partial charge is 0.341 e. The van der Waals surface area contributed by atoms with Gasteiger partial charge in [0.15, 0.2) is 5.65 Å². The quantitative estimate of drug-likeness (QED) is 0.469. The first-order chi connectivity index (χ1) is 17.4. The van der Waals surface area contributed by atoms with E-state index in [0.29, 0.717) is 37.0 Å². The average Bonchev–Trinajstić information content (AvgIpc) is 3.31. The van der Waals surface area contributed by atoms with Crippen molar-refractivity contribution in [2.24, 2.45) is 5.92 Å². The summed E-state index contributed by atoms with van der Waals surface area (Å²) in [5, 5.41) is 7.68. The van der Waals surface area contributed by atoms with E-state index in [9.17, 15) is 14.4 Å². The average molecular weight is 485 g/mol. The van der Waals surface area contributed by atoms with Crippen molar-refractivity contribution in [2.45, 2.75) is 33.2 Å². The lowest BCUT2D eigenvalue weighted by Crippen LogP contribution is -2.43. The molecule has 2 aromatic carbocycles. The summed E-state index contributed by atoms with van der Waals surface area (Å²) in [5.41, 5.74) is 3.94. The maximum atomic E-state index is 13.1. The number of piperidine rings is 1. The number of hydrogen-bond acceptors (Lipinski definition) is 5. The number of carbonyl (C=O) groups is 2. The molecule has 9 nitrogen and oxygen atoms in total. The summed E-state index contributed by atoms with van der Waals surface area (Å²) in [6.45, 7) is 4.86. The molecule has 184 valence electrons. The molecule has 0 atom stereocenters. The standard InChI is InChI=1S/C27H28N6O3/c1-18-12-19(2)14-22(13-18)33-25-23(15-29-33)27(36)32(17-28-25)16-24(34)31-10-8-20(9-11-31)26(35)30-21-6-4-3-5-7-21/h3-7,12-15,17,20H,8-11,16H2,1-2H3,(H,30,35). The number of rotatable bonds is 5. The first kappa shape index (κ1) is 23.5. The lowest BCUT2D eigenvalue weighted by molar-refractivity contribution is -0.135. The van der Waals surface area contributed by atoms with Gasteiger partial charge in [0.05, 0.1) is 11.9 Å². The molecule has 2 amide bonds. The Morgan fingerprint density at radius 1 is 1.03 bits per heavy atom. The van der Waals surface area contributed by atoms with Crippen LogP contribution in [0, 0.1) is 19.8 Å². The zero-order valence-electron chi connectivity index (χ0n) is 20.3. The summed E-state index contributed by atoms with van der Waals surface area (Å²) in [5.74, 6) is -0.340. The Bertz CT molecular complexity index is 1460. The second kappa shape index (κ2) is 9.77. The monoisotopic (exact) mass is 484 g/mol. The van der Waals surface area contributed by atoms with E-state index in [2.05, 4.69) is 21.5 Å². The summed E-state index contributed by atoms with van der Waals surface area (Å²) < 4.78 is 2.97. The van der Waals surface area contributed by atoms with Gasteiger partial charge in [0.25, 0.3) is 5.56 Å². The SMILES string of the molecule is Cc1cc(C)cc(-n2ncc3c(=O)n(CC(=O)N4CCC(C(=O)Nc5ccccc5)CC4)cnc32)c1. The van der Waals surface area contributed by atoms with E-state index in [1.165, 1.54) is 17.1 Å². The Labute approximate surface area is 208 Å². The van der Waals surface area contributed by atoms with E-state index < -0.39 is 0 Å². The van der Waals surface area contributed by atoms with Crippen LogP contribution in [0.4, 0.5) is 5.69 Å². The summed E-state index contributed by atoms with van der Waals surface area (Å²) in [6, 6.07) is 15.4. The molecule has 3 heterocycles. The van der Waals surface area contributed by atoms with Crippen LogP contribution in [-0.4, -0.2) is 49.1 Å². The van der Waals surface area contributed by atoms with Crippen LogP contribution in [0.25, 0.3) is 16.7 Å². The molecule has 36 heavy (non-hydrogen) atoms. The summed E-state index contributed by atoms with van der Waals surface area (Å²) in [6.07, 6.45) is 4.07. The first-order valence-electron chi connectivity index (χ1n) is 12.0. The van der Waals surface area contributed by atoms with Gasteiger partial charge in [-0.05, 0) is 62.1 Å². The van der Waals surface area contributed by atoms with Crippen LogP contribution < -0.4 is 10.9 Å². The van der Waals surface area contributed by atoms with Crippen LogP contribution >= 0.6 is 0 Å². The van der Waals surface area contributed by atoms with Crippen molar-refractivity contribution in [3.63, 3.8) is 0 Å². The Morgan fingerprint density at radius 3 is 2.42 bits per heavy atom. The molecular weight excluding hydrogens is 456 g/mol. The number of aryl methyl sites for hydroxylation is 2. The lowest BCUT2D eigenvalue weighted by Gasteiger charge is -2.31. The highest BCUT2D eigenvalue weighted by molar-refractivity contribution is 5.92. The number of nitrogens with zero attached hydrogens (tertiary/aromatic N) is 5. The van der Waals surface area contributed by atoms with Crippen molar-refractivity contribution >= 4 is 28.5 Å². The molecule has 5 rings (SSSR count). The van der Waals surface area contributed by atoms with Gasteiger partial charge >= 0.3 is 0 Å². The summed E-state index contributed by atoms with van der Waals surface area (Å²) in [4.78, 5) is 44.8. The molecule has 1 aliphatic rings. The van der Waals surface area contributed by atoms with Crippen LogP contribution in [0.15, 0.2) is 65.8 Å². The fourth-order valence-corrected chi connectivity index (χ4v) is 4.73. The molecule has 1 N–H and O–H groups in total. The van der Waals surface area contributed by atoms with Gasteiger partial charge in [-0.2, -0.15) is 5.10 Å². The third-order valence-corrected chi connectivity index (χ3v) is 6.57. The number of benzene rings is 2. The Balaban J connectivity index is 1.25. The first-order valence-corrected chi connectivity index (χ1v) is 12.0. The van der Waals surface area contributed by atoms with Crippen molar-refractivity contribution in [3.05, 3.63) is 82.5 Å². The third-order valence-electron chi connectivity index (χ3n) is 6.57. The number of aromatic nitrogens is 4. The number of hydrogen-bond donors (Lipinski definition) is 1. The lowest BCUT2D eigenvalue weighted by atomic mass is 9.95. The molecule has 0 saturated carbocycles. The van der Waals surface area contributed by atoms with Crippen molar-refractivity contribution < 1.29 is 9.59 Å². The number of carbonyl (C=O) groups excluding carboxylic acids is 2. The number of amides is 2. The second-order valence-electron chi connectivity index (χ2n) is 9.33. The maximum absolute atomic E-state index is 13.1. The van der Waals surface area contributed by atoms with E-state index >= 15 is 0 Å². The fraction of sp³-hybridized carbons (Fsp3) is 0.296. The highest BCUT2D eigenvalue weighted by atomic mass is 16.2. The highest BCUT2D eigenvalue weighted by Gasteiger charge is 2.27. The number of nitrogens with one attached hydrogen (secondary N) is 1. The van der Waals surface area contributed by atoms with Crippen molar-refractivity contribution in [1.82, 2.24) is 24.2 Å². The van der Waals surface area contributed by atoms with E-state index in [1.54, 1.807) is 9.58 Å². The van der Waals surface area contributed by atoms with Crippen LogP contribution in [0.3, 0.4) is 0 Å².